The van der Waals surface area contributed by atoms with Gasteiger partial charge in [0.05, 0.1) is 11.2 Å². The quantitative estimate of drug-likeness (QED) is 0.537. The van der Waals surface area contributed by atoms with Gasteiger partial charge in [-0.2, -0.15) is 0 Å². The largest absolute Gasteiger partial charge is 0.347 e. The number of para-hydroxylation sites is 1. The lowest BCUT2D eigenvalue weighted by atomic mass is 10.1. The Morgan fingerprint density at radius 3 is 2.66 bits per heavy atom. The summed E-state index contributed by atoms with van der Waals surface area (Å²) in [6, 6.07) is 19.5. The summed E-state index contributed by atoms with van der Waals surface area (Å²) in [5.74, 6) is 0.125. The van der Waals surface area contributed by atoms with Crippen LogP contribution in [-0.2, 0) is 6.54 Å². The second kappa shape index (κ2) is 8.06. The van der Waals surface area contributed by atoms with E-state index in [9.17, 15) is 4.79 Å². The van der Waals surface area contributed by atoms with E-state index in [0.29, 0.717) is 23.9 Å². The van der Waals surface area contributed by atoms with Crippen molar-refractivity contribution in [2.45, 2.75) is 20.4 Å². The topological polar surface area (TPSA) is 79.8 Å². The van der Waals surface area contributed by atoms with E-state index in [4.69, 9.17) is 0 Å². The molecule has 2 heterocycles. The summed E-state index contributed by atoms with van der Waals surface area (Å²) >= 11 is 0. The summed E-state index contributed by atoms with van der Waals surface area (Å²) in [6.45, 7) is 4.31. The molecule has 4 rings (SSSR count). The molecule has 6 heteroatoms. The van der Waals surface area contributed by atoms with E-state index in [1.54, 1.807) is 12.3 Å². The van der Waals surface area contributed by atoms with Crippen molar-refractivity contribution in [2.75, 3.05) is 5.32 Å². The number of pyridine rings is 1. The van der Waals surface area contributed by atoms with Crippen LogP contribution in [0.2, 0.25) is 0 Å². The number of anilines is 2. The van der Waals surface area contributed by atoms with Crippen molar-refractivity contribution in [3.05, 3.63) is 89.4 Å². The highest BCUT2D eigenvalue weighted by Gasteiger charge is 2.12. The van der Waals surface area contributed by atoms with Crippen LogP contribution in [0.5, 0.6) is 0 Å². The highest BCUT2D eigenvalue weighted by atomic mass is 16.1. The Kier molecular flexibility index (Phi) is 5.16. The second-order valence-electron chi connectivity index (χ2n) is 6.90. The van der Waals surface area contributed by atoms with Crippen molar-refractivity contribution < 1.29 is 4.79 Å². The molecule has 0 atom stereocenters. The van der Waals surface area contributed by atoms with Gasteiger partial charge < -0.3 is 10.6 Å². The fraction of sp³-hybridized carbons (Fsp3) is 0.130. The number of nitrogens with one attached hydrogen (secondary N) is 2. The molecule has 4 aromatic rings. The number of aryl methyl sites for hydroxylation is 2. The van der Waals surface area contributed by atoms with Crippen molar-refractivity contribution in [2.24, 2.45) is 0 Å². The molecule has 1 amide bonds. The van der Waals surface area contributed by atoms with Crippen LogP contribution in [0.3, 0.4) is 0 Å². The van der Waals surface area contributed by atoms with E-state index >= 15 is 0 Å². The molecule has 0 spiro atoms. The van der Waals surface area contributed by atoms with Crippen molar-refractivity contribution in [1.29, 1.82) is 0 Å². The number of carbonyl (C=O) groups excluding carboxylic acids is 1. The fourth-order valence-electron chi connectivity index (χ4n) is 3.16. The Morgan fingerprint density at radius 2 is 1.79 bits per heavy atom. The predicted molar refractivity (Wildman–Crippen MR) is 114 cm³/mol. The Balaban J connectivity index is 1.55. The first-order chi connectivity index (χ1) is 14.1. The molecule has 0 bridgehead atoms. The number of amides is 1. The first-order valence-corrected chi connectivity index (χ1v) is 9.39. The van der Waals surface area contributed by atoms with Crippen LogP contribution in [0, 0.1) is 13.8 Å². The van der Waals surface area contributed by atoms with Gasteiger partial charge in [-0.25, -0.2) is 9.97 Å². The van der Waals surface area contributed by atoms with Crippen molar-refractivity contribution in [1.82, 2.24) is 20.3 Å². The van der Waals surface area contributed by atoms with Gasteiger partial charge in [-0.15, -0.1) is 0 Å². The average Bonchev–Trinajstić information content (AvgIpc) is 2.72. The van der Waals surface area contributed by atoms with Gasteiger partial charge in [0.15, 0.2) is 0 Å². The summed E-state index contributed by atoms with van der Waals surface area (Å²) in [5.41, 5.74) is 4.84. The zero-order valence-electron chi connectivity index (χ0n) is 16.3. The van der Waals surface area contributed by atoms with E-state index in [0.717, 1.165) is 27.7 Å². The van der Waals surface area contributed by atoms with Crippen molar-refractivity contribution in [3.63, 3.8) is 0 Å². The van der Waals surface area contributed by atoms with Crippen LogP contribution in [0.15, 0.2) is 66.9 Å². The molecule has 29 heavy (non-hydrogen) atoms. The Labute approximate surface area is 169 Å². The highest BCUT2D eigenvalue weighted by Crippen LogP contribution is 2.23. The molecule has 0 aliphatic carbocycles. The molecule has 0 saturated carbocycles. The van der Waals surface area contributed by atoms with Crippen LogP contribution in [0.1, 0.15) is 27.3 Å². The molecular formula is C23H21N5O. The molecule has 2 N–H and O–H groups in total. The van der Waals surface area contributed by atoms with E-state index in [1.807, 2.05) is 68.4 Å². The summed E-state index contributed by atoms with van der Waals surface area (Å²) in [5, 5.41) is 7.14. The van der Waals surface area contributed by atoms with Crippen molar-refractivity contribution >= 4 is 28.4 Å². The lowest BCUT2D eigenvalue weighted by Gasteiger charge is -2.10. The number of hydrogen-bond donors (Lipinski definition) is 2. The molecule has 2 aromatic carbocycles. The van der Waals surface area contributed by atoms with Gasteiger partial charge in [0, 0.05) is 23.8 Å². The number of benzene rings is 2. The third-order valence-electron chi connectivity index (χ3n) is 4.50. The van der Waals surface area contributed by atoms with Crippen LogP contribution in [0.4, 0.5) is 11.6 Å². The molecule has 0 unspecified atom stereocenters. The minimum atomic E-state index is -0.240. The summed E-state index contributed by atoms with van der Waals surface area (Å²) in [7, 11) is 0. The van der Waals surface area contributed by atoms with E-state index in [1.165, 1.54) is 0 Å². The van der Waals surface area contributed by atoms with Crippen LogP contribution < -0.4 is 10.6 Å². The van der Waals surface area contributed by atoms with Gasteiger partial charge in [-0.05, 0) is 37.6 Å². The summed E-state index contributed by atoms with van der Waals surface area (Å²) < 4.78 is 0. The number of fused-ring (bicyclic) bond motifs is 1. The number of nitrogens with zero attached hydrogens (tertiary/aromatic N) is 3. The maximum atomic E-state index is 12.6. The number of hydrogen-bond acceptors (Lipinski definition) is 5. The third kappa shape index (κ3) is 4.38. The Morgan fingerprint density at radius 1 is 0.966 bits per heavy atom. The fourth-order valence-corrected chi connectivity index (χ4v) is 3.16. The minimum absolute atomic E-state index is 0.240. The molecule has 2 aromatic heterocycles. The third-order valence-corrected chi connectivity index (χ3v) is 4.50. The lowest BCUT2D eigenvalue weighted by Crippen LogP contribution is -2.24. The van der Waals surface area contributed by atoms with Gasteiger partial charge in [0.1, 0.15) is 5.69 Å². The summed E-state index contributed by atoms with van der Waals surface area (Å²) in [4.78, 5) is 25.9. The molecule has 0 aliphatic rings. The molecule has 0 saturated heterocycles. The maximum absolute atomic E-state index is 12.6. The average molecular weight is 383 g/mol. The molecule has 0 radical (unpaired) electrons. The lowest BCUT2D eigenvalue weighted by molar-refractivity contribution is 0.0945. The maximum Gasteiger partial charge on any atom is 0.270 e. The van der Waals surface area contributed by atoms with Gasteiger partial charge in [-0.3, -0.25) is 9.78 Å². The van der Waals surface area contributed by atoms with Crippen LogP contribution in [-0.4, -0.2) is 20.9 Å². The van der Waals surface area contributed by atoms with E-state index in [-0.39, 0.29) is 5.91 Å². The van der Waals surface area contributed by atoms with Crippen LogP contribution >= 0.6 is 0 Å². The van der Waals surface area contributed by atoms with Gasteiger partial charge in [0.25, 0.3) is 5.91 Å². The molecule has 0 fully saturated rings. The highest BCUT2D eigenvalue weighted by molar-refractivity contribution is 5.93. The summed E-state index contributed by atoms with van der Waals surface area (Å²) in [6.07, 6.45) is 1.74. The predicted octanol–water partition coefficient (Wildman–Crippen LogP) is 4.32. The first-order valence-electron chi connectivity index (χ1n) is 9.39. The smallest absolute Gasteiger partial charge is 0.270 e. The first kappa shape index (κ1) is 18.6. The number of carbonyl (C=O) groups is 1. The normalized spacial score (nSPS) is 10.7. The molecule has 6 nitrogen and oxygen atoms in total. The van der Waals surface area contributed by atoms with E-state index in [2.05, 4.69) is 25.6 Å². The zero-order valence-corrected chi connectivity index (χ0v) is 16.3. The van der Waals surface area contributed by atoms with Gasteiger partial charge in [0.2, 0.25) is 5.95 Å². The van der Waals surface area contributed by atoms with Gasteiger partial charge >= 0.3 is 0 Å². The number of aromatic nitrogens is 3. The standard InChI is InChI=1S/C23H21N5O/c1-15-6-3-7-17(12-15)14-25-22(29)20-13-16(2)26-23(28-20)27-19-10-4-8-18-9-5-11-24-21(18)19/h3-13H,14H2,1-2H3,(H,25,29)(H,26,27,28). The van der Waals surface area contributed by atoms with E-state index < -0.39 is 0 Å². The Hall–Kier alpha value is -3.80. The van der Waals surface area contributed by atoms with Gasteiger partial charge in [-0.1, -0.05) is 48.0 Å². The van der Waals surface area contributed by atoms with Crippen LogP contribution in [0.25, 0.3) is 10.9 Å². The molecule has 0 aliphatic heterocycles. The molecule has 144 valence electrons. The second-order valence-corrected chi connectivity index (χ2v) is 6.90. The minimum Gasteiger partial charge on any atom is -0.347 e. The monoisotopic (exact) mass is 383 g/mol. The SMILES string of the molecule is Cc1cccc(CNC(=O)c2cc(C)nc(Nc3cccc4cccnc34)n2)c1. The Bertz CT molecular complexity index is 1180. The number of rotatable bonds is 5. The molecular weight excluding hydrogens is 362 g/mol. The zero-order chi connectivity index (χ0) is 20.2. The van der Waals surface area contributed by atoms with Crippen molar-refractivity contribution in [3.8, 4) is 0 Å².